The summed E-state index contributed by atoms with van der Waals surface area (Å²) in [6.45, 7) is 4.01. The first-order valence-electron chi connectivity index (χ1n) is 8.17. The summed E-state index contributed by atoms with van der Waals surface area (Å²) in [5.74, 6) is 0.0563. The maximum atomic E-state index is 12.7. The second-order valence-corrected chi connectivity index (χ2v) is 6.07. The van der Waals surface area contributed by atoms with Crippen molar-refractivity contribution in [3.8, 4) is 5.75 Å². The lowest BCUT2D eigenvalue weighted by Crippen LogP contribution is -2.31. The van der Waals surface area contributed by atoms with Crippen LogP contribution in [-0.2, 0) is 15.7 Å². The number of halogens is 3. The van der Waals surface area contributed by atoms with Crippen LogP contribution in [0.25, 0.3) is 0 Å². The van der Waals surface area contributed by atoms with Gasteiger partial charge in [0.2, 0.25) is 0 Å². The van der Waals surface area contributed by atoms with Gasteiger partial charge in [0.25, 0.3) is 0 Å². The largest absolute Gasteiger partial charge is 0.490 e. The minimum atomic E-state index is -4.48. The van der Waals surface area contributed by atoms with Gasteiger partial charge in [0, 0.05) is 12.3 Å². The summed E-state index contributed by atoms with van der Waals surface area (Å²) in [4.78, 5) is 15.1. The number of hydrogen-bond acceptors (Lipinski definition) is 4. The number of aromatic nitrogens is 1. The molecule has 0 bridgehead atoms. The molecule has 1 saturated carbocycles. The number of pyridine rings is 1. The molecular weight excluding hydrogens is 323 g/mol. The van der Waals surface area contributed by atoms with E-state index >= 15 is 0 Å². The summed E-state index contributed by atoms with van der Waals surface area (Å²) in [7, 11) is 0. The normalized spacial score (nSPS) is 22.7. The Hall–Kier alpha value is -1.79. The van der Waals surface area contributed by atoms with Crippen molar-refractivity contribution in [1.29, 1.82) is 0 Å². The minimum Gasteiger partial charge on any atom is -0.490 e. The van der Waals surface area contributed by atoms with Crippen molar-refractivity contribution in [3.63, 3.8) is 0 Å². The number of hydrogen-bond donors (Lipinski definition) is 0. The molecule has 4 nitrogen and oxygen atoms in total. The molecule has 0 unspecified atom stereocenters. The van der Waals surface area contributed by atoms with E-state index in [1.807, 2.05) is 6.92 Å². The highest BCUT2D eigenvalue weighted by Crippen LogP contribution is 2.34. The van der Waals surface area contributed by atoms with Gasteiger partial charge in [-0.2, -0.15) is 13.2 Å². The molecule has 0 aromatic carbocycles. The van der Waals surface area contributed by atoms with E-state index in [1.165, 1.54) is 6.07 Å². The van der Waals surface area contributed by atoms with Crippen molar-refractivity contribution in [1.82, 2.24) is 4.98 Å². The van der Waals surface area contributed by atoms with Gasteiger partial charge in [0.15, 0.2) is 0 Å². The highest BCUT2D eigenvalue weighted by molar-refractivity contribution is 5.72. The van der Waals surface area contributed by atoms with Crippen LogP contribution < -0.4 is 4.74 Å². The minimum absolute atomic E-state index is 0.140. The van der Waals surface area contributed by atoms with E-state index < -0.39 is 11.9 Å². The highest BCUT2D eigenvalue weighted by Gasteiger charge is 2.33. The van der Waals surface area contributed by atoms with E-state index in [1.54, 1.807) is 6.92 Å². The fourth-order valence-corrected chi connectivity index (χ4v) is 3.00. The number of esters is 1. The van der Waals surface area contributed by atoms with Crippen molar-refractivity contribution in [2.75, 3.05) is 6.61 Å². The fourth-order valence-electron chi connectivity index (χ4n) is 3.00. The Bertz CT molecular complexity index is 554. The Labute approximate surface area is 139 Å². The number of carbonyl (C=O) groups excluding carboxylic acids is 1. The lowest BCUT2D eigenvalue weighted by molar-refractivity contribution is -0.150. The van der Waals surface area contributed by atoms with Crippen molar-refractivity contribution in [2.24, 2.45) is 11.8 Å². The Morgan fingerprint density at radius 3 is 2.58 bits per heavy atom. The number of rotatable bonds is 5. The quantitative estimate of drug-likeness (QED) is 0.749. The molecule has 1 fully saturated rings. The molecule has 1 aliphatic carbocycles. The lowest BCUT2D eigenvalue weighted by atomic mass is 9.80. The molecule has 1 aliphatic rings. The molecule has 0 saturated heterocycles. The smallest absolute Gasteiger partial charge is 0.433 e. The van der Waals surface area contributed by atoms with Crippen molar-refractivity contribution in [2.45, 2.75) is 51.8 Å². The molecule has 0 amide bonds. The van der Waals surface area contributed by atoms with E-state index in [-0.39, 0.29) is 29.7 Å². The first-order valence-corrected chi connectivity index (χ1v) is 8.17. The summed E-state index contributed by atoms with van der Waals surface area (Å²) in [6, 6.07) is 2.36. The van der Waals surface area contributed by atoms with Crippen LogP contribution in [0, 0.1) is 11.8 Å². The monoisotopic (exact) mass is 345 g/mol. The summed E-state index contributed by atoms with van der Waals surface area (Å²) < 4.78 is 48.7. The van der Waals surface area contributed by atoms with Gasteiger partial charge in [-0.1, -0.05) is 6.92 Å². The van der Waals surface area contributed by atoms with Gasteiger partial charge >= 0.3 is 12.1 Å². The van der Waals surface area contributed by atoms with Gasteiger partial charge in [0.05, 0.1) is 18.6 Å². The molecule has 0 spiro atoms. The zero-order chi connectivity index (χ0) is 17.7. The van der Waals surface area contributed by atoms with Crippen molar-refractivity contribution < 1.29 is 27.4 Å². The second kappa shape index (κ2) is 7.85. The van der Waals surface area contributed by atoms with Gasteiger partial charge in [0.1, 0.15) is 11.4 Å². The average molecular weight is 345 g/mol. The summed E-state index contributed by atoms with van der Waals surface area (Å²) >= 11 is 0. The molecule has 24 heavy (non-hydrogen) atoms. The zero-order valence-electron chi connectivity index (χ0n) is 13.8. The van der Waals surface area contributed by atoms with Gasteiger partial charge in [-0.05, 0) is 44.6 Å². The summed E-state index contributed by atoms with van der Waals surface area (Å²) in [5.41, 5.74) is -0.954. The zero-order valence-corrected chi connectivity index (χ0v) is 13.8. The van der Waals surface area contributed by atoms with Crippen molar-refractivity contribution >= 4 is 5.97 Å². The van der Waals surface area contributed by atoms with Crippen LogP contribution in [0.4, 0.5) is 13.2 Å². The summed E-state index contributed by atoms with van der Waals surface area (Å²) in [6.07, 6.45) is -0.516. The molecule has 0 N–H and O–H groups in total. The molecule has 1 aromatic heterocycles. The topological polar surface area (TPSA) is 48.4 Å². The first kappa shape index (κ1) is 18.5. The Morgan fingerprint density at radius 1 is 1.33 bits per heavy atom. The molecule has 1 atom stereocenters. The molecule has 0 aliphatic heterocycles. The van der Waals surface area contributed by atoms with Crippen molar-refractivity contribution in [3.05, 3.63) is 24.0 Å². The van der Waals surface area contributed by atoms with Crippen LogP contribution >= 0.6 is 0 Å². The van der Waals surface area contributed by atoms with E-state index in [9.17, 15) is 18.0 Å². The predicted molar refractivity (Wildman–Crippen MR) is 81.4 cm³/mol. The Balaban J connectivity index is 1.88. The SMILES string of the molecule is CCOC(=O)[C@H](C)C1CCC(Oc2ccnc(C(F)(F)F)c2)CC1. The molecule has 134 valence electrons. The first-order chi connectivity index (χ1) is 11.3. The maximum Gasteiger partial charge on any atom is 0.433 e. The molecule has 0 radical (unpaired) electrons. The molecule has 1 heterocycles. The van der Waals surface area contributed by atoms with Gasteiger partial charge in [-0.25, -0.2) is 0 Å². The standard InChI is InChI=1S/C17H22F3NO3/c1-3-23-16(22)11(2)12-4-6-13(7-5-12)24-14-8-9-21-15(10-14)17(18,19)20/h8-13H,3-7H2,1-2H3/t11-,12?,13?/m1/s1. The van der Waals surface area contributed by atoms with E-state index in [0.29, 0.717) is 19.4 Å². The second-order valence-electron chi connectivity index (χ2n) is 6.07. The third-order valence-electron chi connectivity index (χ3n) is 4.41. The lowest BCUT2D eigenvalue weighted by Gasteiger charge is -2.31. The van der Waals surface area contributed by atoms with Crippen LogP contribution in [0.3, 0.4) is 0 Å². The number of nitrogens with zero attached hydrogens (tertiary/aromatic N) is 1. The van der Waals surface area contributed by atoms with Crippen LogP contribution in [-0.4, -0.2) is 23.7 Å². The molecule has 7 heteroatoms. The highest BCUT2D eigenvalue weighted by atomic mass is 19.4. The predicted octanol–water partition coefficient (Wildman–Crippen LogP) is 4.24. The van der Waals surface area contributed by atoms with Gasteiger partial charge in [-0.15, -0.1) is 0 Å². The molecule has 2 rings (SSSR count). The third kappa shape index (κ3) is 4.85. The van der Waals surface area contributed by atoms with E-state index in [2.05, 4.69) is 4.98 Å². The third-order valence-corrected chi connectivity index (χ3v) is 4.41. The Morgan fingerprint density at radius 2 is 2.00 bits per heavy atom. The van der Waals surface area contributed by atoms with Crippen LogP contribution in [0.2, 0.25) is 0 Å². The van der Waals surface area contributed by atoms with E-state index in [4.69, 9.17) is 9.47 Å². The average Bonchev–Trinajstić information content (AvgIpc) is 2.54. The van der Waals surface area contributed by atoms with Crippen LogP contribution in [0.5, 0.6) is 5.75 Å². The fraction of sp³-hybridized carbons (Fsp3) is 0.647. The molecular formula is C17H22F3NO3. The van der Waals surface area contributed by atoms with Gasteiger partial charge < -0.3 is 9.47 Å². The van der Waals surface area contributed by atoms with Crippen LogP contribution in [0.1, 0.15) is 45.2 Å². The van der Waals surface area contributed by atoms with Gasteiger partial charge in [-0.3, -0.25) is 9.78 Å². The van der Waals surface area contributed by atoms with E-state index in [0.717, 1.165) is 25.1 Å². The number of alkyl halides is 3. The molecule has 1 aromatic rings. The van der Waals surface area contributed by atoms with Crippen LogP contribution in [0.15, 0.2) is 18.3 Å². The maximum absolute atomic E-state index is 12.7. The summed E-state index contributed by atoms with van der Waals surface area (Å²) in [5, 5.41) is 0. The number of carbonyl (C=O) groups is 1. The number of ether oxygens (including phenoxy) is 2. The Kier molecular flexibility index (Phi) is 6.07.